The maximum Gasteiger partial charge on any atom is 0.0530 e. The average molecular weight is 232 g/mol. The van der Waals surface area contributed by atoms with Crippen molar-refractivity contribution in [2.45, 2.75) is 23.3 Å². The minimum absolute atomic E-state index is 0.668. The molecule has 3 rings (SSSR count). The van der Waals surface area contributed by atoms with Crippen molar-refractivity contribution in [3.8, 4) is 0 Å². The molecule has 2 saturated heterocycles. The highest BCUT2D eigenvalue weighted by Gasteiger charge is 2.55. The quantitative estimate of drug-likeness (QED) is 0.589. The fraction of sp³-hybridized carbons (Fsp3) is 0.750. The number of hydrogen-bond donors (Lipinski definition) is 0. The van der Waals surface area contributed by atoms with Crippen LogP contribution in [0.25, 0.3) is 0 Å². The second-order valence-corrected chi connectivity index (χ2v) is 7.54. The predicted molar refractivity (Wildman–Crippen MR) is 64.2 cm³/mol. The van der Waals surface area contributed by atoms with Crippen LogP contribution in [0.1, 0.15) is 12.8 Å². The van der Waals surface area contributed by atoms with Crippen LogP contribution in [-0.4, -0.2) is 18.9 Å². The van der Waals surface area contributed by atoms with Crippen molar-refractivity contribution in [1.82, 2.24) is 0 Å². The second-order valence-electron chi connectivity index (χ2n) is 3.58. The Labute approximate surface area is 91.2 Å². The van der Waals surface area contributed by atoms with Crippen LogP contribution >= 0.6 is 48.0 Å². The molecule has 0 aromatic rings. The molecule has 12 heavy (non-hydrogen) atoms. The summed E-state index contributed by atoms with van der Waals surface area (Å²) in [6.07, 6.45) is 2.67. The maximum atomic E-state index is 5.39. The summed E-state index contributed by atoms with van der Waals surface area (Å²) < 4.78 is 2.50. The summed E-state index contributed by atoms with van der Waals surface area (Å²) >= 11 is 14.7. The Hall–Kier alpha value is 0.880. The lowest BCUT2D eigenvalue weighted by Gasteiger charge is -2.23. The molecule has 64 valence electrons. The molecular weight excluding hydrogens is 224 g/mol. The molecular formula is C8H8S4. The molecule has 4 unspecified atom stereocenters. The van der Waals surface area contributed by atoms with Crippen molar-refractivity contribution >= 4 is 56.4 Å². The Bertz CT molecular complexity index is 244. The summed E-state index contributed by atoms with van der Waals surface area (Å²) in [5.74, 6) is 1.34. The van der Waals surface area contributed by atoms with E-state index in [2.05, 4.69) is 0 Å². The third kappa shape index (κ3) is 0.925. The fourth-order valence-electron chi connectivity index (χ4n) is 2.47. The van der Waals surface area contributed by atoms with Crippen molar-refractivity contribution in [1.29, 1.82) is 0 Å². The first-order valence-electron chi connectivity index (χ1n) is 4.18. The van der Waals surface area contributed by atoms with Gasteiger partial charge >= 0.3 is 0 Å². The predicted octanol–water partition coefficient (Wildman–Crippen LogP) is 2.90. The Morgan fingerprint density at radius 1 is 0.917 bits per heavy atom. The molecule has 0 aromatic heterocycles. The molecule has 3 aliphatic rings. The minimum Gasteiger partial charge on any atom is -0.114 e. The smallest absolute Gasteiger partial charge is 0.0530 e. The van der Waals surface area contributed by atoms with Gasteiger partial charge in [-0.3, -0.25) is 0 Å². The Balaban J connectivity index is 2.08. The molecule has 2 aliphatic heterocycles. The molecule has 0 N–H and O–H groups in total. The van der Waals surface area contributed by atoms with E-state index in [1.165, 1.54) is 21.2 Å². The minimum atomic E-state index is 0.668. The molecule has 1 saturated carbocycles. The summed E-state index contributed by atoms with van der Waals surface area (Å²) in [5.41, 5.74) is 0. The molecule has 0 amide bonds. The van der Waals surface area contributed by atoms with E-state index in [0.29, 0.717) is 11.8 Å². The van der Waals surface area contributed by atoms with Gasteiger partial charge in [-0.1, -0.05) is 24.4 Å². The first-order chi connectivity index (χ1) is 5.77. The molecule has 4 heteroatoms. The topological polar surface area (TPSA) is 0 Å². The highest BCUT2D eigenvalue weighted by atomic mass is 32.2. The van der Waals surface area contributed by atoms with Crippen molar-refractivity contribution in [3.63, 3.8) is 0 Å². The number of hydrogen-bond acceptors (Lipinski definition) is 4. The molecule has 0 nitrogen and oxygen atoms in total. The first-order valence-corrected chi connectivity index (χ1v) is 6.76. The van der Waals surface area contributed by atoms with Gasteiger partial charge in [0.05, 0.1) is 8.39 Å². The zero-order valence-corrected chi connectivity index (χ0v) is 9.62. The van der Waals surface area contributed by atoms with Gasteiger partial charge in [-0.15, -0.1) is 23.5 Å². The maximum absolute atomic E-state index is 5.39. The van der Waals surface area contributed by atoms with Crippen LogP contribution in [0.3, 0.4) is 0 Å². The van der Waals surface area contributed by atoms with Crippen molar-refractivity contribution < 1.29 is 0 Å². The van der Waals surface area contributed by atoms with E-state index < -0.39 is 0 Å². The van der Waals surface area contributed by atoms with E-state index in [0.717, 1.165) is 10.5 Å². The van der Waals surface area contributed by atoms with Crippen molar-refractivity contribution in [2.75, 3.05) is 0 Å². The van der Waals surface area contributed by atoms with Crippen molar-refractivity contribution in [3.05, 3.63) is 0 Å². The molecule has 4 bridgehead atoms. The lowest BCUT2D eigenvalue weighted by molar-refractivity contribution is 0.435. The zero-order valence-electron chi connectivity index (χ0n) is 6.36. The summed E-state index contributed by atoms with van der Waals surface area (Å²) in [5, 5.41) is 1.50. The normalized spacial score (nSPS) is 50.3. The van der Waals surface area contributed by atoms with E-state index in [9.17, 15) is 0 Å². The lowest BCUT2D eigenvalue weighted by atomic mass is 9.81. The largest absolute Gasteiger partial charge is 0.114 e. The van der Waals surface area contributed by atoms with Gasteiger partial charge in [0.25, 0.3) is 0 Å². The van der Waals surface area contributed by atoms with Gasteiger partial charge in [-0.25, -0.2) is 0 Å². The number of rotatable bonds is 0. The Morgan fingerprint density at radius 2 is 1.33 bits per heavy atom. The summed E-state index contributed by atoms with van der Waals surface area (Å²) in [6, 6.07) is 0. The molecule has 3 fully saturated rings. The Morgan fingerprint density at radius 3 is 1.75 bits per heavy atom. The van der Waals surface area contributed by atoms with Crippen LogP contribution in [-0.2, 0) is 0 Å². The lowest BCUT2D eigenvalue weighted by Crippen LogP contribution is -2.29. The van der Waals surface area contributed by atoms with Gasteiger partial charge < -0.3 is 0 Å². The molecule has 2 heterocycles. The van der Waals surface area contributed by atoms with Gasteiger partial charge in [0, 0.05) is 22.3 Å². The summed E-state index contributed by atoms with van der Waals surface area (Å²) in [6.45, 7) is 0. The molecule has 0 spiro atoms. The fourth-order valence-corrected chi connectivity index (χ4v) is 7.12. The van der Waals surface area contributed by atoms with Crippen LogP contribution in [0, 0.1) is 11.8 Å². The summed E-state index contributed by atoms with van der Waals surface area (Å²) in [7, 11) is 0. The summed E-state index contributed by atoms with van der Waals surface area (Å²) in [4.78, 5) is 0. The van der Waals surface area contributed by atoms with E-state index in [-0.39, 0.29) is 0 Å². The van der Waals surface area contributed by atoms with Crippen molar-refractivity contribution in [2.24, 2.45) is 11.8 Å². The molecule has 1 aliphatic carbocycles. The standard InChI is InChI=1S/C8H8S4/c9-7-5-3-1-2-4(12-7)6(5)8(10)11-3/h3-6H,1-2H2. The van der Waals surface area contributed by atoms with Crippen LogP contribution in [0.4, 0.5) is 0 Å². The second kappa shape index (κ2) is 2.69. The van der Waals surface area contributed by atoms with Crippen LogP contribution in [0.5, 0.6) is 0 Å². The average Bonchev–Trinajstić information content (AvgIpc) is 2.42. The van der Waals surface area contributed by atoms with Gasteiger partial charge in [0.1, 0.15) is 0 Å². The van der Waals surface area contributed by atoms with Gasteiger partial charge in [0.15, 0.2) is 0 Å². The van der Waals surface area contributed by atoms with Crippen LogP contribution < -0.4 is 0 Å². The number of thiocarbonyl (C=S) groups is 2. The SMILES string of the molecule is S=C1SC2CCC3SC(=S)C2C13. The van der Waals surface area contributed by atoms with Gasteiger partial charge in [-0.05, 0) is 12.8 Å². The molecule has 0 radical (unpaired) electrons. The highest BCUT2D eigenvalue weighted by Crippen LogP contribution is 2.58. The third-order valence-electron chi connectivity index (χ3n) is 3.00. The number of thioether (sulfide) groups is 2. The van der Waals surface area contributed by atoms with Gasteiger partial charge in [-0.2, -0.15) is 0 Å². The van der Waals surface area contributed by atoms with E-state index >= 15 is 0 Å². The van der Waals surface area contributed by atoms with E-state index in [1.807, 2.05) is 23.5 Å². The van der Waals surface area contributed by atoms with Crippen LogP contribution in [0.15, 0.2) is 0 Å². The zero-order chi connectivity index (χ0) is 8.29. The van der Waals surface area contributed by atoms with Gasteiger partial charge in [0.2, 0.25) is 0 Å². The molecule has 4 atom stereocenters. The van der Waals surface area contributed by atoms with E-state index in [1.54, 1.807) is 0 Å². The van der Waals surface area contributed by atoms with Crippen LogP contribution in [0.2, 0.25) is 0 Å². The van der Waals surface area contributed by atoms with E-state index in [4.69, 9.17) is 24.4 Å². The third-order valence-corrected chi connectivity index (χ3v) is 6.80. The molecule has 0 aromatic carbocycles. The highest BCUT2D eigenvalue weighted by molar-refractivity contribution is 8.26. The monoisotopic (exact) mass is 232 g/mol. The first kappa shape index (κ1) is 8.21. The Kier molecular flexibility index (Phi) is 1.84.